The summed E-state index contributed by atoms with van der Waals surface area (Å²) in [5.41, 5.74) is 2.88. The van der Waals surface area contributed by atoms with E-state index in [-0.39, 0.29) is 13.2 Å². The predicted molar refractivity (Wildman–Crippen MR) is 104 cm³/mol. The fourth-order valence-electron chi connectivity index (χ4n) is 2.61. The van der Waals surface area contributed by atoms with Gasteiger partial charge >= 0.3 is 5.97 Å². The molecule has 2 aromatic carbocycles. The summed E-state index contributed by atoms with van der Waals surface area (Å²) in [6.07, 6.45) is 0. The maximum absolute atomic E-state index is 12.3. The van der Waals surface area contributed by atoms with Gasteiger partial charge in [0.1, 0.15) is 12.3 Å². The van der Waals surface area contributed by atoms with Crippen molar-refractivity contribution in [1.82, 2.24) is 4.57 Å². The molecular weight excluding hydrogens is 364 g/mol. The molecule has 0 saturated carbocycles. The maximum atomic E-state index is 12.3. The molecule has 0 aliphatic rings. The van der Waals surface area contributed by atoms with Gasteiger partial charge in [-0.3, -0.25) is 9.59 Å². The summed E-state index contributed by atoms with van der Waals surface area (Å²) in [6, 6.07) is 13.3. The van der Waals surface area contributed by atoms with Crippen LogP contribution in [0.1, 0.15) is 11.1 Å². The smallest absolute Gasteiger partial charge is 0.325 e. The second kappa shape index (κ2) is 8.18. The van der Waals surface area contributed by atoms with Gasteiger partial charge in [0.2, 0.25) is 0 Å². The maximum Gasteiger partial charge on any atom is 0.325 e. The van der Waals surface area contributed by atoms with E-state index in [4.69, 9.17) is 9.47 Å². The molecule has 7 heteroatoms. The van der Waals surface area contributed by atoms with E-state index >= 15 is 0 Å². The molecule has 0 aliphatic carbocycles. The van der Waals surface area contributed by atoms with E-state index in [0.29, 0.717) is 10.6 Å². The number of methoxy groups -OCH3 is 1. The number of amides is 1. The molecule has 27 heavy (non-hydrogen) atoms. The minimum Gasteiger partial charge on any atom is -0.483 e. The van der Waals surface area contributed by atoms with Crippen LogP contribution < -0.4 is 9.54 Å². The number of ether oxygens (including phenoxy) is 2. The second-order valence-corrected chi connectivity index (χ2v) is 7.09. The molecule has 0 aliphatic heterocycles. The molecule has 0 N–H and O–H groups in total. The normalized spacial score (nSPS) is 11.6. The van der Waals surface area contributed by atoms with Gasteiger partial charge in [0.05, 0.1) is 17.3 Å². The highest BCUT2D eigenvalue weighted by molar-refractivity contribution is 7.16. The number of carbonyl (C=O) groups is 2. The van der Waals surface area contributed by atoms with Crippen molar-refractivity contribution in [2.45, 2.75) is 20.4 Å². The van der Waals surface area contributed by atoms with E-state index in [9.17, 15) is 9.59 Å². The van der Waals surface area contributed by atoms with Crippen molar-refractivity contribution >= 4 is 33.4 Å². The van der Waals surface area contributed by atoms with Crippen LogP contribution in [-0.2, 0) is 20.9 Å². The molecule has 0 bridgehead atoms. The van der Waals surface area contributed by atoms with Gasteiger partial charge < -0.3 is 14.0 Å². The Kier molecular flexibility index (Phi) is 5.71. The van der Waals surface area contributed by atoms with Crippen LogP contribution >= 0.6 is 11.3 Å². The highest BCUT2D eigenvalue weighted by atomic mass is 32.1. The third-order valence-electron chi connectivity index (χ3n) is 4.02. The van der Waals surface area contributed by atoms with Gasteiger partial charge in [0.15, 0.2) is 11.4 Å². The Morgan fingerprint density at radius 1 is 1.15 bits per heavy atom. The van der Waals surface area contributed by atoms with E-state index in [1.54, 1.807) is 4.57 Å². The zero-order valence-corrected chi connectivity index (χ0v) is 16.2. The highest BCUT2D eigenvalue weighted by Gasteiger charge is 2.12. The highest BCUT2D eigenvalue weighted by Crippen LogP contribution is 2.19. The Hall–Kier alpha value is -2.93. The molecule has 0 saturated heterocycles. The largest absolute Gasteiger partial charge is 0.483 e. The summed E-state index contributed by atoms with van der Waals surface area (Å²) in [7, 11) is 1.33. The number of hydrogen-bond donors (Lipinski definition) is 0. The predicted octanol–water partition coefficient (Wildman–Crippen LogP) is 3.00. The van der Waals surface area contributed by atoms with Gasteiger partial charge in [0, 0.05) is 0 Å². The SMILES string of the molecule is COC(=O)Cn1c(=NC(=O)COc2ccccc2C)sc2cc(C)ccc21. The van der Waals surface area contributed by atoms with E-state index in [1.807, 2.05) is 56.3 Å². The number of aryl methyl sites for hydroxylation is 2. The van der Waals surface area contributed by atoms with Crippen molar-refractivity contribution < 1.29 is 19.1 Å². The molecular formula is C20H20N2O4S. The lowest BCUT2D eigenvalue weighted by Gasteiger charge is -2.06. The summed E-state index contributed by atoms with van der Waals surface area (Å²) in [5, 5.41) is 0. The molecule has 0 fully saturated rings. The van der Waals surface area contributed by atoms with Gasteiger partial charge in [0.25, 0.3) is 5.91 Å². The summed E-state index contributed by atoms with van der Waals surface area (Å²) < 4.78 is 13.0. The van der Waals surface area contributed by atoms with Gasteiger partial charge in [-0.25, -0.2) is 0 Å². The Morgan fingerprint density at radius 2 is 1.93 bits per heavy atom. The van der Waals surface area contributed by atoms with Crippen molar-refractivity contribution in [3.05, 3.63) is 58.4 Å². The Balaban J connectivity index is 1.91. The Labute approximate surface area is 160 Å². The molecule has 1 heterocycles. The number of aromatic nitrogens is 1. The third-order valence-corrected chi connectivity index (χ3v) is 5.06. The van der Waals surface area contributed by atoms with E-state index < -0.39 is 11.9 Å². The lowest BCUT2D eigenvalue weighted by Crippen LogP contribution is -2.23. The molecule has 3 rings (SSSR count). The zero-order valence-electron chi connectivity index (χ0n) is 15.4. The summed E-state index contributed by atoms with van der Waals surface area (Å²) >= 11 is 1.36. The number of thiazole rings is 1. The van der Waals surface area contributed by atoms with E-state index in [2.05, 4.69) is 4.99 Å². The van der Waals surface area contributed by atoms with Gasteiger partial charge in [-0.1, -0.05) is 35.6 Å². The number of carbonyl (C=O) groups excluding carboxylic acids is 2. The molecule has 6 nitrogen and oxygen atoms in total. The summed E-state index contributed by atoms with van der Waals surface area (Å²) in [5.74, 6) is -0.170. The van der Waals surface area contributed by atoms with Crippen molar-refractivity contribution in [3.63, 3.8) is 0 Å². The molecule has 0 spiro atoms. The number of rotatable bonds is 5. The van der Waals surface area contributed by atoms with E-state index in [1.165, 1.54) is 18.4 Å². The van der Waals surface area contributed by atoms with Gasteiger partial charge in [-0.05, 0) is 43.2 Å². The van der Waals surface area contributed by atoms with Crippen molar-refractivity contribution in [3.8, 4) is 5.75 Å². The summed E-state index contributed by atoms with van der Waals surface area (Å²) in [4.78, 5) is 28.7. The number of esters is 1. The van der Waals surface area contributed by atoms with Crippen LogP contribution in [0.4, 0.5) is 0 Å². The minimum atomic E-state index is -0.417. The summed E-state index contributed by atoms with van der Waals surface area (Å²) in [6.45, 7) is 3.72. The first-order chi connectivity index (χ1) is 13.0. The molecule has 0 atom stereocenters. The van der Waals surface area contributed by atoms with Crippen LogP contribution in [0, 0.1) is 13.8 Å². The third kappa shape index (κ3) is 4.43. The number of nitrogens with zero attached hydrogens (tertiary/aromatic N) is 2. The topological polar surface area (TPSA) is 69.9 Å². The van der Waals surface area contributed by atoms with Crippen LogP contribution in [0.15, 0.2) is 47.5 Å². The number of hydrogen-bond acceptors (Lipinski definition) is 5. The minimum absolute atomic E-state index is 0.00960. The molecule has 3 aromatic rings. The first kappa shape index (κ1) is 18.8. The lowest BCUT2D eigenvalue weighted by molar-refractivity contribution is -0.141. The second-order valence-electron chi connectivity index (χ2n) is 6.08. The van der Waals surface area contributed by atoms with Crippen molar-refractivity contribution in [2.75, 3.05) is 13.7 Å². The first-order valence-electron chi connectivity index (χ1n) is 8.40. The molecule has 0 unspecified atom stereocenters. The van der Waals surface area contributed by atoms with Crippen LogP contribution in [0.25, 0.3) is 10.2 Å². The van der Waals surface area contributed by atoms with Crippen LogP contribution in [0.3, 0.4) is 0 Å². The quantitative estimate of drug-likeness (QED) is 0.634. The number of para-hydroxylation sites is 1. The van der Waals surface area contributed by atoms with Crippen LogP contribution in [0.5, 0.6) is 5.75 Å². The van der Waals surface area contributed by atoms with Gasteiger partial charge in [-0.15, -0.1) is 0 Å². The molecule has 1 aromatic heterocycles. The Morgan fingerprint density at radius 3 is 2.67 bits per heavy atom. The number of fused-ring (bicyclic) bond motifs is 1. The standard InChI is InChI=1S/C20H20N2O4S/c1-13-8-9-15-17(10-13)27-20(22(15)11-19(24)25-3)21-18(23)12-26-16-7-5-4-6-14(16)2/h4-10H,11-12H2,1-3H3. The fourth-order valence-corrected chi connectivity index (χ4v) is 3.75. The average Bonchev–Trinajstić information content (AvgIpc) is 2.97. The number of benzene rings is 2. The van der Waals surface area contributed by atoms with Crippen molar-refractivity contribution in [1.29, 1.82) is 0 Å². The lowest BCUT2D eigenvalue weighted by atomic mass is 10.2. The van der Waals surface area contributed by atoms with Crippen LogP contribution in [-0.4, -0.2) is 30.2 Å². The van der Waals surface area contributed by atoms with Crippen molar-refractivity contribution in [2.24, 2.45) is 4.99 Å². The monoisotopic (exact) mass is 384 g/mol. The van der Waals surface area contributed by atoms with Crippen LogP contribution in [0.2, 0.25) is 0 Å². The fraction of sp³-hybridized carbons (Fsp3) is 0.250. The molecule has 0 radical (unpaired) electrons. The molecule has 140 valence electrons. The average molecular weight is 384 g/mol. The van der Waals surface area contributed by atoms with E-state index in [0.717, 1.165) is 21.3 Å². The Bertz CT molecular complexity index is 1070. The molecule has 1 amide bonds. The zero-order chi connectivity index (χ0) is 19.4. The van der Waals surface area contributed by atoms with Gasteiger partial charge in [-0.2, -0.15) is 4.99 Å². The first-order valence-corrected chi connectivity index (χ1v) is 9.22.